The molecule has 1 aliphatic heterocycles. The van der Waals surface area contributed by atoms with Gasteiger partial charge in [-0.3, -0.25) is 4.79 Å². The van der Waals surface area contributed by atoms with Gasteiger partial charge in [-0.1, -0.05) is 5.21 Å². The Morgan fingerprint density at radius 2 is 1.77 bits per heavy atom. The molecule has 2 heterocycles. The number of halogens is 1. The maximum atomic E-state index is 13.8. The van der Waals surface area contributed by atoms with Crippen molar-refractivity contribution < 1.29 is 14.3 Å². The number of anilines is 1. The number of phenols is 1. The van der Waals surface area contributed by atoms with E-state index in [1.807, 2.05) is 24.3 Å². The van der Waals surface area contributed by atoms with Gasteiger partial charge in [-0.05, 0) is 49.2 Å². The predicted molar refractivity (Wildman–Crippen MR) is 95.3 cm³/mol. The third-order valence-electron chi connectivity index (χ3n) is 4.59. The average molecular weight is 352 g/mol. The number of aromatic hydroxyl groups is 1. The van der Waals surface area contributed by atoms with Gasteiger partial charge in [0.15, 0.2) is 17.9 Å². The zero-order chi connectivity index (χ0) is 18.1. The lowest BCUT2D eigenvalue weighted by Gasteiger charge is -2.17. The molecule has 26 heavy (non-hydrogen) atoms. The van der Waals surface area contributed by atoms with Crippen molar-refractivity contribution >= 4 is 12.0 Å². The molecule has 0 saturated carbocycles. The Morgan fingerprint density at radius 1 is 1.08 bits per heavy atom. The first kappa shape index (κ1) is 16.3. The van der Waals surface area contributed by atoms with Crippen molar-refractivity contribution in [3.8, 4) is 22.7 Å². The number of hydrogen-bond donors (Lipinski definition) is 1. The summed E-state index contributed by atoms with van der Waals surface area (Å²) in [6.07, 6.45) is 4.51. The SMILES string of the molecule is O=Cc1cc(-c2cn(-c3ccc(N4CCCC4)cc3)nn2)cc(F)c1O. The molecular weight excluding hydrogens is 335 g/mol. The average Bonchev–Trinajstić information content (AvgIpc) is 3.36. The van der Waals surface area contributed by atoms with Crippen molar-refractivity contribution in [2.75, 3.05) is 18.0 Å². The van der Waals surface area contributed by atoms with Crippen LogP contribution in [-0.4, -0.2) is 39.5 Å². The zero-order valence-corrected chi connectivity index (χ0v) is 14.0. The topological polar surface area (TPSA) is 71.2 Å². The molecule has 1 fully saturated rings. The molecule has 0 radical (unpaired) electrons. The molecule has 3 aromatic rings. The number of carbonyl (C=O) groups excluding carboxylic acids is 1. The van der Waals surface area contributed by atoms with Crippen LogP contribution in [0.3, 0.4) is 0 Å². The molecule has 1 aliphatic rings. The highest BCUT2D eigenvalue weighted by atomic mass is 19.1. The Morgan fingerprint density at radius 3 is 2.46 bits per heavy atom. The fourth-order valence-electron chi connectivity index (χ4n) is 3.17. The van der Waals surface area contributed by atoms with Crippen molar-refractivity contribution in [1.29, 1.82) is 0 Å². The minimum atomic E-state index is -0.867. The molecule has 132 valence electrons. The van der Waals surface area contributed by atoms with Crippen LogP contribution in [0.15, 0.2) is 42.6 Å². The summed E-state index contributed by atoms with van der Waals surface area (Å²) in [5, 5.41) is 17.6. The fraction of sp³-hybridized carbons (Fsp3) is 0.211. The second-order valence-electron chi connectivity index (χ2n) is 6.27. The number of rotatable bonds is 4. The summed E-state index contributed by atoms with van der Waals surface area (Å²) in [7, 11) is 0. The lowest BCUT2D eigenvalue weighted by Crippen LogP contribution is -2.17. The molecule has 0 unspecified atom stereocenters. The maximum Gasteiger partial charge on any atom is 0.166 e. The Bertz CT molecular complexity index is 947. The number of aldehydes is 1. The van der Waals surface area contributed by atoms with Gasteiger partial charge in [0.2, 0.25) is 0 Å². The summed E-state index contributed by atoms with van der Waals surface area (Å²) >= 11 is 0. The Labute approximate surface area is 149 Å². The Kier molecular flexibility index (Phi) is 4.12. The van der Waals surface area contributed by atoms with Gasteiger partial charge < -0.3 is 10.0 Å². The lowest BCUT2D eigenvalue weighted by atomic mass is 10.1. The van der Waals surface area contributed by atoms with Gasteiger partial charge in [0.05, 0.1) is 17.4 Å². The molecule has 0 atom stereocenters. The van der Waals surface area contributed by atoms with Crippen LogP contribution in [0.5, 0.6) is 5.75 Å². The van der Waals surface area contributed by atoms with E-state index in [1.54, 1.807) is 10.9 Å². The normalized spacial score (nSPS) is 14.0. The molecule has 1 N–H and O–H groups in total. The molecule has 0 aliphatic carbocycles. The van der Waals surface area contributed by atoms with E-state index in [4.69, 9.17) is 0 Å². The molecule has 2 aromatic carbocycles. The van der Waals surface area contributed by atoms with Crippen molar-refractivity contribution in [3.05, 3.63) is 54.0 Å². The van der Waals surface area contributed by atoms with Crippen LogP contribution >= 0.6 is 0 Å². The highest BCUT2D eigenvalue weighted by Crippen LogP contribution is 2.28. The summed E-state index contributed by atoms with van der Waals surface area (Å²) in [4.78, 5) is 13.3. The molecule has 1 aromatic heterocycles. The minimum absolute atomic E-state index is 0.121. The van der Waals surface area contributed by atoms with Crippen LogP contribution in [0.2, 0.25) is 0 Å². The third-order valence-corrected chi connectivity index (χ3v) is 4.59. The fourth-order valence-corrected chi connectivity index (χ4v) is 3.17. The quantitative estimate of drug-likeness (QED) is 0.730. The van der Waals surface area contributed by atoms with E-state index in [0.29, 0.717) is 17.5 Å². The van der Waals surface area contributed by atoms with Gasteiger partial charge in [-0.15, -0.1) is 5.10 Å². The van der Waals surface area contributed by atoms with E-state index in [1.165, 1.54) is 24.6 Å². The molecule has 6 nitrogen and oxygen atoms in total. The highest BCUT2D eigenvalue weighted by molar-refractivity contribution is 5.82. The van der Waals surface area contributed by atoms with Crippen LogP contribution in [0, 0.1) is 5.82 Å². The number of aromatic nitrogens is 3. The summed E-state index contributed by atoms with van der Waals surface area (Å²) in [5.41, 5.74) is 2.69. The van der Waals surface area contributed by atoms with E-state index >= 15 is 0 Å². The Hall–Kier alpha value is -3.22. The maximum absolute atomic E-state index is 13.8. The molecular formula is C19H17FN4O2. The van der Waals surface area contributed by atoms with Crippen molar-refractivity contribution in [3.63, 3.8) is 0 Å². The van der Waals surface area contributed by atoms with Crippen LogP contribution in [-0.2, 0) is 0 Å². The summed E-state index contributed by atoms with van der Waals surface area (Å²) in [5.74, 6) is -1.53. The molecule has 1 saturated heterocycles. The first-order valence-electron chi connectivity index (χ1n) is 8.41. The molecule has 4 rings (SSSR count). The van der Waals surface area contributed by atoms with E-state index in [2.05, 4.69) is 15.2 Å². The van der Waals surface area contributed by atoms with Crippen LogP contribution in [0.1, 0.15) is 23.2 Å². The standard InChI is InChI=1S/C19H17FN4O2/c20-17-10-13(9-14(12-25)19(17)26)18-11-24(22-21-18)16-5-3-15(4-6-16)23-7-1-2-8-23/h3-6,9-12,26H,1-2,7-8H2. The minimum Gasteiger partial charge on any atom is -0.504 e. The number of hydrogen-bond acceptors (Lipinski definition) is 5. The lowest BCUT2D eigenvalue weighted by molar-refractivity contribution is 0.112. The molecule has 7 heteroatoms. The first-order valence-corrected chi connectivity index (χ1v) is 8.41. The Balaban J connectivity index is 1.62. The van der Waals surface area contributed by atoms with Gasteiger partial charge in [0, 0.05) is 24.3 Å². The number of nitrogens with zero attached hydrogens (tertiary/aromatic N) is 4. The number of phenolic OH excluding ortho intramolecular Hbond substituents is 1. The molecule has 0 amide bonds. The van der Waals surface area contributed by atoms with Crippen molar-refractivity contribution in [1.82, 2.24) is 15.0 Å². The zero-order valence-electron chi connectivity index (χ0n) is 14.0. The van der Waals surface area contributed by atoms with Crippen LogP contribution in [0.25, 0.3) is 16.9 Å². The van der Waals surface area contributed by atoms with Crippen LogP contribution in [0.4, 0.5) is 10.1 Å². The summed E-state index contributed by atoms with van der Waals surface area (Å²) in [6, 6.07) is 10.5. The van der Waals surface area contributed by atoms with E-state index in [9.17, 15) is 14.3 Å². The van der Waals surface area contributed by atoms with E-state index in [0.717, 1.165) is 24.8 Å². The van der Waals surface area contributed by atoms with Gasteiger partial charge in [0.25, 0.3) is 0 Å². The first-order chi connectivity index (χ1) is 12.7. The monoisotopic (exact) mass is 352 g/mol. The third kappa shape index (κ3) is 2.92. The molecule has 0 spiro atoms. The van der Waals surface area contributed by atoms with Gasteiger partial charge in [-0.2, -0.15) is 0 Å². The predicted octanol–water partition coefficient (Wildman–Crippen LogP) is 3.19. The van der Waals surface area contributed by atoms with E-state index in [-0.39, 0.29) is 5.56 Å². The smallest absolute Gasteiger partial charge is 0.166 e. The second kappa shape index (κ2) is 6.59. The van der Waals surface area contributed by atoms with Gasteiger partial charge in [0.1, 0.15) is 5.69 Å². The largest absolute Gasteiger partial charge is 0.504 e. The number of benzene rings is 2. The van der Waals surface area contributed by atoms with Crippen molar-refractivity contribution in [2.24, 2.45) is 0 Å². The van der Waals surface area contributed by atoms with E-state index < -0.39 is 11.6 Å². The highest BCUT2D eigenvalue weighted by Gasteiger charge is 2.14. The van der Waals surface area contributed by atoms with Crippen LogP contribution < -0.4 is 4.90 Å². The number of carbonyl (C=O) groups is 1. The molecule has 0 bridgehead atoms. The van der Waals surface area contributed by atoms with Crippen molar-refractivity contribution in [2.45, 2.75) is 12.8 Å². The van der Waals surface area contributed by atoms with Gasteiger partial charge in [-0.25, -0.2) is 9.07 Å². The van der Waals surface area contributed by atoms with Gasteiger partial charge >= 0.3 is 0 Å². The second-order valence-corrected chi connectivity index (χ2v) is 6.27. The summed E-state index contributed by atoms with van der Waals surface area (Å²) < 4.78 is 15.4. The summed E-state index contributed by atoms with van der Waals surface area (Å²) in [6.45, 7) is 2.16.